The van der Waals surface area contributed by atoms with E-state index in [1.807, 2.05) is 72.4 Å². The highest BCUT2D eigenvalue weighted by molar-refractivity contribution is 5.98. The first-order valence-corrected chi connectivity index (χ1v) is 8.33. The Morgan fingerprint density at radius 3 is 2.54 bits per heavy atom. The number of aromatic nitrogens is 3. The van der Waals surface area contributed by atoms with Crippen LogP contribution in [0.4, 0.5) is 0 Å². The second-order valence-corrected chi connectivity index (χ2v) is 5.88. The number of hydrogen-bond donors (Lipinski definition) is 1. The summed E-state index contributed by atoms with van der Waals surface area (Å²) in [5.41, 5.74) is 2.09. The second kappa shape index (κ2) is 6.76. The third-order valence-corrected chi connectivity index (χ3v) is 4.12. The van der Waals surface area contributed by atoms with Crippen LogP contribution >= 0.6 is 0 Å². The zero-order chi connectivity index (χ0) is 17.9. The highest BCUT2D eigenvalue weighted by atomic mass is 16.3. The van der Waals surface area contributed by atoms with Crippen molar-refractivity contribution in [3.63, 3.8) is 0 Å². The van der Waals surface area contributed by atoms with Crippen LogP contribution in [0.1, 0.15) is 21.8 Å². The molecule has 1 N–H and O–H groups in total. The smallest absolute Gasteiger partial charge is 0.257 e. The van der Waals surface area contributed by atoms with Gasteiger partial charge in [0, 0.05) is 12.4 Å². The number of aryl methyl sites for hydroxylation is 1. The minimum atomic E-state index is -0.190. The molecule has 3 aromatic heterocycles. The molecule has 0 unspecified atom stereocenters. The maximum Gasteiger partial charge on any atom is 0.257 e. The standard InChI is InChI=1S/C20H18N4O2/c1-15-18(19(25)21-14-17-10-7-13-26-17)20(23-11-5-6-12-23)24(22-15)16-8-3-2-4-9-16/h2-13H,14H2,1H3,(H,21,25). The van der Waals surface area contributed by atoms with Crippen molar-refractivity contribution in [3.8, 4) is 11.5 Å². The van der Waals surface area contributed by atoms with Crippen LogP contribution in [0.25, 0.3) is 11.5 Å². The molecule has 0 aliphatic rings. The summed E-state index contributed by atoms with van der Waals surface area (Å²) < 4.78 is 8.97. The largest absolute Gasteiger partial charge is 0.467 e. The molecule has 26 heavy (non-hydrogen) atoms. The average molecular weight is 346 g/mol. The van der Waals surface area contributed by atoms with E-state index in [0.29, 0.717) is 29.4 Å². The van der Waals surface area contributed by atoms with Gasteiger partial charge in [-0.05, 0) is 43.3 Å². The molecule has 0 aliphatic heterocycles. The first kappa shape index (κ1) is 16.0. The van der Waals surface area contributed by atoms with Crippen LogP contribution in [0.2, 0.25) is 0 Å². The molecule has 0 atom stereocenters. The van der Waals surface area contributed by atoms with Gasteiger partial charge >= 0.3 is 0 Å². The maximum absolute atomic E-state index is 12.9. The molecule has 0 saturated carbocycles. The van der Waals surface area contributed by atoms with Gasteiger partial charge in [0.15, 0.2) is 5.82 Å². The first-order chi connectivity index (χ1) is 12.7. The van der Waals surface area contributed by atoms with Gasteiger partial charge in [0.25, 0.3) is 5.91 Å². The summed E-state index contributed by atoms with van der Waals surface area (Å²) >= 11 is 0. The van der Waals surface area contributed by atoms with Gasteiger partial charge in [0.1, 0.15) is 11.3 Å². The van der Waals surface area contributed by atoms with Crippen molar-refractivity contribution in [2.75, 3.05) is 0 Å². The lowest BCUT2D eigenvalue weighted by Crippen LogP contribution is -2.24. The van der Waals surface area contributed by atoms with Crippen LogP contribution in [0.5, 0.6) is 0 Å². The summed E-state index contributed by atoms with van der Waals surface area (Å²) in [7, 11) is 0. The fourth-order valence-corrected chi connectivity index (χ4v) is 2.91. The predicted molar refractivity (Wildman–Crippen MR) is 97.5 cm³/mol. The van der Waals surface area contributed by atoms with Crippen LogP contribution in [0.15, 0.2) is 77.7 Å². The fourth-order valence-electron chi connectivity index (χ4n) is 2.91. The van der Waals surface area contributed by atoms with Crippen molar-refractivity contribution < 1.29 is 9.21 Å². The molecule has 1 amide bonds. The summed E-state index contributed by atoms with van der Waals surface area (Å²) in [6.45, 7) is 2.17. The number of carbonyl (C=O) groups excluding carboxylic acids is 1. The number of nitrogens with one attached hydrogen (secondary N) is 1. The molecule has 4 aromatic rings. The van der Waals surface area contributed by atoms with Gasteiger partial charge in [-0.1, -0.05) is 18.2 Å². The normalized spacial score (nSPS) is 10.8. The minimum absolute atomic E-state index is 0.190. The number of rotatable bonds is 5. The molecule has 130 valence electrons. The molecule has 3 heterocycles. The topological polar surface area (TPSA) is 65.0 Å². The van der Waals surface area contributed by atoms with Crippen molar-refractivity contribution in [2.45, 2.75) is 13.5 Å². The third kappa shape index (κ3) is 2.93. The SMILES string of the molecule is Cc1nn(-c2ccccc2)c(-n2cccc2)c1C(=O)NCc1ccco1. The highest BCUT2D eigenvalue weighted by Gasteiger charge is 2.23. The second-order valence-electron chi connectivity index (χ2n) is 5.88. The summed E-state index contributed by atoms with van der Waals surface area (Å²) in [5, 5.41) is 7.52. The lowest BCUT2D eigenvalue weighted by Gasteiger charge is -2.11. The molecule has 4 rings (SSSR count). The molecular formula is C20H18N4O2. The van der Waals surface area contributed by atoms with Gasteiger partial charge in [-0.15, -0.1) is 0 Å². The first-order valence-electron chi connectivity index (χ1n) is 8.33. The maximum atomic E-state index is 12.9. The molecule has 6 heteroatoms. The van der Waals surface area contributed by atoms with Crippen molar-refractivity contribution in [3.05, 3.63) is 90.3 Å². The van der Waals surface area contributed by atoms with Crippen molar-refractivity contribution in [1.82, 2.24) is 19.7 Å². The average Bonchev–Trinajstić information content (AvgIpc) is 3.41. The van der Waals surface area contributed by atoms with Gasteiger partial charge in [-0.25, -0.2) is 4.68 Å². The van der Waals surface area contributed by atoms with Crippen LogP contribution in [0.3, 0.4) is 0 Å². The van der Waals surface area contributed by atoms with Crippen LogP contribution < -0.4 is 5.32 Å². The Labute approximate surface area is 150 Å². The third-order valence-electron chi connectivity index (χ3n) is 4.12. The Hall–Kier alpha value is -3.54. The summed E-state index contributed by atoms with van der Waals surface area (Å²) in [4.78, 5) is 12.9. The molecule has 1 aromatic carbocycles. The summed E-state index contributed by atoms with van der Waals surface area (Å²) in [6, 6.07) is 17.2. The summed E-state index contributed by atoms with van der Waals surface area (Å²) in [6.07, 6.45) is 5.39. The van der Waals surface area contributed by atoms with Crippen molar-refractivity contribution >= 4 is 5.91 Å². The molecular weight excluding hydrogens is 328 g/mol. The van der Waals surface area contributed by atoms with Crippen molar-refractivity contribution in [2.24, 2.45) is 0 Å². The van der Waals surface area contributed by atoms with E-state index in [9.17, 15) is 4.79 Å². The van der Waals surface area contributed by atoms with Gasteiger partial charge in [0.2, 0.25) is 0 Å². The number of furan rings is 1. The Morgan fingerprint density at radius 1 is 1.08 bits per heavy atom. The number of para-hydroxylation sites is 1. The number of carbonyl (C=O) groups is 1. The monoisotopic (exact) mass is 346 g/mol. The lowest BCUT2D eigenvalue weighted by atomic mass is 10.2. The van der Waals surface area contributed by atoms with Gasteiger partial charge in [0.05, 0.1) is 24.2 Å². The Morgan fingerprint density at radius 2 is 1.85 bits per heavy atom. The molecule has 0 radical (unpaired) electrons. The van der Waals surface area contributed by atoms with E-state index in [2.05, 4.69) is 10.4 Å². The zero-order valence-corrected chi connectivity index (χ0v) is 14.3. The van der Waals surface area contributed by atoms with Crippen LogP contribution in [-0.2, 0) is 6.54 Å². The number of benzene rings is 1. The molecule has 0 spiro atoms. The molecule has 6 nitrogen and oxygen atoms in total. The quantitative estimate of drug-likeness (QED) is 0.601. The Balaban J connectivity index is 1.76. The highest BCUT2D eigenvalue weighted by Crippen LogP contribution is 2.23. The van der Waals surface area contributed by atoms with E-state index < -0.39 is 0 Å². The van der Waals surface area contributed by atoms with E-state index >= 15 is 0 Å². The Kier molecular flexibility index (Phi) is 4.15. The van der Waals surface area contributed by atoms with E-state index in [1.54, 1.807) is 17.0 Å². The van der Waals surface area contributed by atoms with Gasteiger partial charge in [-0.2, -0.15) is 5.10 Å². The molecule has 0 fully saturated rings. The lowest BCUT2D eigenvalue weighted by molar-refractivity contribution is 0.0947. The van der Waals surface area contributed by atoms with Crippen LogP contribution in [0, 0.1) is 6.92 Å². The van der Waals surface area contributed by atoms with E-state index in [0.717, 1.165) is 5.69 Å². The molecule has 0 saturated heterocycles. The van der Waals surface area contributed by atoms with E-state index in [4.69, 9.17) is 4.42 Å². The van der Waals surface area contributed by atoms with Crippen LogP contribution in [-0.4, -0.2) is 20.3 Å². The predicted octanol–water partition coefficient (Wildman–Crippen LogP) is 3.49. The molecule has 0 aliphatic carbocycles. The van der Waals surface area contributed by atoms with Gasteiger partial charge < -0.3 is 14.3 Å². The molecule has 0 bridgehead atoms. The van der Waals surface area contributed by atoms with E-state index in [1.165, 1.54) is 0 Å². The fraction of sp³-hybridized carbons (Fsp3) is 0.100. The minimum Gasteiger partial charge on any atom is -0.467 e. The number of hydrogen-bond acceptors (Lipinski definition) is 3. The number of amides is 1. The number of nitrogens with zero attached hydrogens (tertiary/aromatic N) is 3. The van der Waals surface area contributed by atoms with E-state index in [-0.39, 0.29) is 5.91 Å². The van der Waals surface area contributed by atoms with Crippen molar-refractivity contribution in [1.29, 1.82) is 0 Å². The summed E-state index contributed by atoms with van der Waals surface area (Å²) in [5.74, 6) is 1.22. The van der Waals surface area contributed by atoms with Gasteiger partial charge in [-0.3, -0.25) is 4.79 Å². The Bertz CT molecular complexity index is 1000. The zero-order valence-electron chi connectivity index (χ0n) is 14.3.